The molecular weight excluding hydrogens is 317 g/mol. The zero-order valence-electron chi connectivity index (χ0n) is 10.6. The SMILES string of the molecule is O=[N+]([O-])c1ccc(Cl)c(Oc2cc(Cl)nc(C3CC3)n2)c1. The van der Waals surface area contributed by atoms with Gasteiger partial charge < -0.3 is 4.74 Å². The number of halogens is 2. The van der Waals surface area contributed by atoms with Crippen LogP contribution in [0.4, 0.5) is 5.69 Å². The Bertz CT molecular complexity index is 720. The lowest BCUT2D eigenvalue weighted by Gasteiger charge is -2.08. The number of nitrogens with zero attached hydrogens (tertiary/aromatic N) is 3. The summed E-state index contributed by atoms with van der Waals surface area (Å²) in [5.41, 5.74) is -0.114. The predicted molar refractivity (Wildman–Crippen MR) is 77.2 cm³/mol. The van der Waals surface area contributed by atoms with Gasteiger partial charge in [-0.2, -0.15) is 4.98 Å². The quantitative estimate of drug-likeness (QED) is 0.474. The molecule has 0 radical (unpaired) electrons. The fourth-order valence-electron chi connectivity index (χ4n) is 1.79. The third kappa shape index (κ3) is 3.22. The highest BCUT2D eigenvalue weighted by atomic mass is 35.5. The Morgan fingerprint density at radius 1 is 1.24 bits per heavy atom. The molecule has 8 heteroatoms. The van der Waals surface area contributed by atoms with Gasteiger partial charge in [0.05, 0.1) is 16.0 Å². The molecule has 1 aromatic carbocycles. The molecule has 0 spiro atoms. The molecule has 2 aromatic rings. The smallest absolute Gasteiger partial charge is 0.273 e. The molecule has 1 aliphatic carbocycles. The third-order valence-electron chi connectivity index (χ3n) is 2.97. The first-order valence-electron chi connectivity index (χ1n) is 6.19. The van der Waals surface area contributed by atoms with Crippen molar-refractivity contribution in [1.29, 1.82) is 0 Å². The van der Waals surface area contributed by atoms with Gasteiger partial charge in [0, 0.05) is 18.1 Å². The standard InChI is InChI=1S/C13H9Cl2N3O3/c14-9-4-3-8(18(19)20)5-10(9)21-12-6-11(15)16-13(17-12)7-1-2-7/h3-7H,1-2H2. The van der Waals surface area contributed by atoms with E-state index < -0.39 is 4.92 Å². The Labute approximate surface area is 129 Å². The van der Waals surface area contributed by atoms with Crippen LogP contribution in [0.25, 0.3) is 0 Å². The molecule has 0 atom stereocenters. The molecule has 0 N–H and O–H groups in total. The monoisotopic (exact) mass is 325 g/mol. The van der Waals surface area contributed by atoms with Crippen molar-refractivity contribution in [3.63, 3.8) is 0 Å². The highest BCUT2D eigenvalue weighted by Crippen LogP contribution is 2.40. The van der Waals surface area contributed by atoms with Crippen molar-refractivity contribution < 1.29 is 9.66 Å². The predicted octanol–water partition coefficient (Wildman–Crippen LogP) is 4.36. The molecule has 1 aliphatic rings. The number of aromatic nitrogens is 2. The van der Waals surface area contributed by atoms with E-state index in [0.29, 0.717) is 11.7 Å². The van der Waals surface area contributed by atoms with Crippen LogP contribution in [-0.2, 0) is 0 Å². The van der Waals surface area contributed by atoms with E-state index in [4.69, 9.17) is 27.9 Å². The number of benzene rings is 1. The second-order valence-electron chi connectivity index (χ2n) is 4.64. The van der Waals surface area contributed by atoms with Crippen LogP contribution in [0, 0.1) is 10.1 Å². The van der Waals surface area contributed by atoms with E-state index in [0.717, 1.165) is 12.8 Å². The van der Waals surface area contributed by atoms with E-state index in [1.807, 2.05) is 0 Å². The van der Waals surface area contributed by atoms with Crippen LogP contribution < -0.4 is 4.74 Å². The van der Waals surface area contributed by atoms with Crippen molar-refractivity contribution in [3.05, 3.63) is 50.4 Å². The first-order chi connectivity index (χ1) is 10.0. The average molecular weight is 326 g/mol. The molecule has 1 fully saturated rings. The van der Waals surface area contributed by atoms with Gasteiger partial charge in [0.25, 0.3) is 5.69 Å². The van der Waals surface area contributed by atoms with Crippen molar-refractivity contribution in [1.82, 2.24) is 9.97 Å². The molecule has 1 aromatic heterocycles. The molecule has 0 amide bonds. The van der Waals surface area contributed by atoms with Crippen LogP contribution in [0.1, 0.15) is 24.6 Å². The normalized spacial score (nSPS) is 14.0. The molecule has 1 heterocycles. The van der Waals surface area contributed by atoms with Gasteiger partial charge in [-0.25, -0.2) is 4.98 Å². The van der Waals surface area contributed by atoms with Crippen molar-refractivity contribution in [2.24, 2.45) is 0 Å². The molecule has 1 saturated carbocycles. The number of ether oxygens (including phenoxy) is 1. The first-order valence-corrected chi connectivity index (χ1v) is 6.95. The summed E-state index contributed by atoms with van der Waals surface area (Å²) in [4.78, 5) is 18.7. The Morgan fingerprint density at radius 2 is 2.00 bits per heavy atom. The van der Waals surface area contributed by atoms with Crippen molar-refractivity contribution in [2.45, 2.75) is 18.8 Å². The maximum absolute atomic E-state index is 10.8. The summed E-state index contributed by atoms with van der Waals surface area (Å²) in [6.45, 7) is 0. The number of nitro benzene ring substituents is 1. The fraction of sp³-hybridized carbons (Fsp3) is 0.231. The maximum Gasteiger partial charge on any atom is 0.273 e. The van der Waals surface area contributed by atoms with Crippen molar-refractivity contribution in [2.75, 3.05) is 0 Å². The molecule has 0 unspecified atom stereocenters. The van der Waals surface area contributed by atoms with Crippen LogP contribution in [-0.4, -0.2) is 14.9 Å². The Balaban J connectivity index is 1.92. The van der Waals surface area contributed by atoms with Crippen LogP contribution in [0.2, 0.25) is 10.2 Å². The van der Waals surface area contributed by atoms with E-state index in [9.17, 15) is 10.1 Å². The second-order valence-corrected chi connectivity index (χ2v) is 5.43. The highest BCUT2D eigenvalue weighted by molar-refractivity contribution is 6.32. The van der Waals surface area contributed by atoms with E-state index >= 15 is 0 Å². The van der Waals surface area contributed by atoms with Crippen LogP contribution in [0.15, 0.2) is 24.3 Å². The fourth-order valence-corrected chi connectivity index (χ4v) is 2.12. The minimum Gasteiger partial charge on any atom is -0.437 e. The van der Waals surface area contributed by atoms with Crippen molar-refractivity contribution >= 4 is 28.9 Å². The summed E-state index contributed by atoms with van der Waals surface area (Å²) in [6, 6.07) is 5.40. The van der Waals surface area contributed by atoms with Crippen molar-refractivity contribution in [3.8, 4) is 11.6 Å². The van der Waals surface area contributed by atoms with Crippen LogP contribution in [0.5, 0.6) is 11.6 Å². The lowest BCUT2D eigenvalue weighted by Crippen LogP contribution is -1.97. The summed E-state index contributed by atoms with van der Waals surface area (Å²) in [6.07, 6.45) is 2.05. The summed E-state index contributed by atoms with van der Waals surface area (Å²) in [5, 5.41) is 11.3. The highest BCUT2D eigenvalue weighted by Gasteiger charge is 2.27. The summed E-state index contributed by atoms with van der Waals surface area (Å²) in [7, 11) is 0. The van der Waals surface area contributed by atoms with Gasteiger partial charge in [0.1, 0.15) is 11.0 Å². The van der Waals surface area contributed by atoms with Crippen LogP contribution in [0.3, 0.4) is 0 Å². The molecule has 6 nitrogen and oxygen atoms in total. The molecule has 108 valence electrons. The zero-order chi connectivity index (χ0) is 15.0. The number of non-ortho nitro benzene ring substituents is 1. The zero-order valence-corrected chi connectivity index (χ0v) is 12.1. The molecule has 0 saturated heterocycles. The lowest BCUT2D eigenvalue weighted by atomic mass is 10.3. The van der Waals surface area contributed by atoms with Crippen LogP contribution >= 0.6 is 23.2 Å². The third-order valence-corrected chi connectivity index (χ3v) is 3.48. The van der Waals surface area contributed by atoms with Gasteiger partial charge >= 0.3 is 0 Å². The van der Waals surface area contributed by atoms with E-state index in [1.54, 1.807) is 0 Å². The van der Waals surface area contributed by atoms with Gasteiger partial charge in [-0.1, -0.05) is 23.2 Å². The average Bonchev–Trinajstić information content (AvgIpc) is 3.24. The number of rotatable bonds is 4. The lowest BCUT2D eigenvalue weighted by molar-refractivity contribution is -0.384. The molecular formula is C13H9Cl2N3O3. The van der Waals surface area contributed by atoms with E-state index in [2.05, 4.69) is 9.97 Å². The molecule has 3 rings (SSSR count). The second kappa shape index (κ2) is 5.46. The van der Waals surface area contributed by atoms with Gasteiger partial charge in [0.15, 0.2) is 5.75 Å². The minimum atomic E-state index is -0.522. The van der Waals surface area contributed by atoms with Gasteiger partial charge in [0.2, 0.25) is 5.88 Å². The largest absolute Gasteiger partial charge is 0.437 e. The maximum atomic E-state index is 10.8. The van der Waals surface area contributed by atoms with Gasteiger partial charge in [-0.05, 0) is 18.9 Å². The Morgan fingerprint density at radius 3 is 2.67 bits per heavy atom. The number of nitro groups is 1. The van der Waals surface area contributed by atoms with E-state index in [1.165, 1.54) is 24.3 Å². The summed E-state index contributed by atoms with van der Waals surface area (Å²) in [5.74, 6) is 1.31. The molecule has 0 bridgehead atoms. The first kappa shape index (κ1) is 14.0. The van der Waals surface area contributed by atoms with E-state index in [-0.39, 0.29) is 27.5 Å². The van der Waals surface area contributed by atoms with Gasteiger partial charge in [-0.15, -0.1) is 0 Å². The topological polar surface area (TPSA) is 78.2 Å². The summed E-state index contributed by atoms with van der Waals surface area (Å²) < 4.78 is 5.53. The Hall–Kier alpha value is -1.92. The number of hydrogen-bond acceptors (Lipinski definition) is 5. The van der Waals surface area contributed by atoms with Gasteiger partial charge in [-0.3, -0.25) is 10.1 Å². The molecule has 0 aliphatic heterocycles. The minimum absolute atomic E-state index is 0.114. The Kier molecular flexibility index (Phi) is 3.65. The summed E-state index contributed by atoms with van der Waals surface area (Å²) >= 11 is 11.9. The number of hydrogen-bond donors (Lipinski definition) is 0. The molecule has 21 heavy (non-hydrogen) atoms.